The van der Waals surface area contributed by atoms with Crippen molar-refractivity contribution < 1.29 is 5.11 Å². The van der Waals surface area contributed by atoms with E-state index in [4.69, 9.17) is 19.9 Å². The van der Waals surface area contributed by atoms with Crippen molar-refractivity contribution in [2.75, 3.05) is 0 Å². The third kappa shape index (κ3) is 4.88. The molecular formula is C38H33N5O. The predicted molar refractivity (Wildman–Crippen MR) is 178 cm³/mol. The van der Waals surface area contributed by atoms with E-state index in [0.717, 1.165) is 49.9 Å². The van der Waals surface area contributed by atoms with Crippen molar-refractivity contribution in [3.63, 3.8) is 0 Å². The van der Waals surface area contributed by atoms with Crippen molar-refractivity contribution in [3.05, 3.63) is 120 Å². The van der Waals surface area contributed by atoms with Gasteiger partial charge < -0.3 is 5.11 Å². The number of nitrogens with zero attached hydrogens (tertiary/aromatic N) is 5. The Labute approximate surface area is 256 Å². The van der Waals surface area contributed by atoms with Gasteiger partial charge >= 0.3 is 0 Å². The molecule has 0 unspecified atom stereocenters. The van der Waals surface area contributed by atoms with Crippen molar-refractivity contribution >= 4 is 21.8 Å². The van der Waals surface area contributed by atoms with E-state index in [2.05, 4.69) is 63.5 Å². The van der Waals surface area contributed by atoms with Crippen molar-refractivity contribution in [2.45, 2.75) is 40.0 Å². The third-order valence-electron chi connectivity index (χ3n) is 8.13. The van der Waals surface area contributed by atoms with Crippen LogP contribution in [-0.2, 0) is 5.41 Å². The van der Waals surface area contributed by atoms with Crippen LogP contribution < -0.4 is 0 Å². The lowest BCUT2D eigenvalue weighted by molar-refractivity contribution is 0.477. The highest BCUT2D eigenvalue weighted by molar-refractivity contribution is 6.11. The first-order chi connectivity index (χ1) is 21.2. The Hall–Kier alpha value is -5.36. The first-order valence-corrected chi connectivity index (χ1v) is 14.8. The second-order valence-corrected chi connectivity index (χ2v) is 12.4. The Bertz CT molecular complexity index is 2110. The van der Waals surface area contributed by atoms with Crippen LogP contribution in [0.3, 0.4) is 0 Å². The Balaban J connectivity index is 1.47. The SMILES string of the molecule is Cc1ccc(-c2nc(-c3ccc(C)cc3)nc(-c3cc4c5ccccc5n(-c5cc(C(C)(C)C)ccn5)c4cc3O)n2)cc1. The molecule has 0 amide bonds. The van der Waals surface area contributed by atoms with E-state index in [1.54, 1.807) is 6.07 Å². The number of benzene rings is 4. The fourth-order valence-electron chi connectivity index (χ4n) is 5.60. The first kappa shape index (κ1) is 27.5. The Morgan fingerprint density at radius 2 is 1.20 bits per heavy atom. The summed E-state index contributed by atoms with van der Waals surface area (Å²) in [5.41, 5.74) is 7.64. The summed E-state index contributed by atoms with van der Waals surface area (Å²) in [5, 5.41) is 13.6. The van der Waals surface area contributed by atoms with Gasteiger partial charge in [-0.3, -0.25) is 4.57 Å². The van der Waals surface area contributed by atoms with Crippen molar-refractivity contribution in [1.82, 2.24) is 24.5 Å². The van der Waals surface area contributed by atoms with Gasteiger partial charge in [-0.2, -0.15) is 0 Å². The van der Waals surface area contributed by atoms with E-state index in [-0.39, 0.29) is 11.2 Å². The van der Waals surface area contributed by atoms with Gasteiger partial charge in [-0.25, -0.2) is 19.9 Å². The van der Waals surface area contributed by atoms with Crippen LogP contribution in [0, 0.1) is 13.8 Å². The number of para-hydroxylation sites is 1. The molecule has 4 aromatic carbocycles. The van der Waals surface area contributed by atoms with Crippen LogP contribution in [0.5, 0.6) is 5.75 Å². The zero-order valence-corrected chi connectivity index (χ0v) is 25.5. The summed E-state index contributed by atoms with van der Waals surface area (Å²) >= 11 is 0. The smallest absolute Gasteiger partial charge is 0.167 e. The van der Waals surface area contributed by atoms with Crippen molar-refractivity contribution in [2.24, 2.45) is 0 Å². The van der Waals surface area contributed by atoms with Gasteiger partial charge in [0.15, 0.2) is 17.5 Å². The molecule has 7 rings (SSSR count). The molecule has 0 aliphatic carbocycles. The largest absolute Gasteiger partial charge is 0.507 e. The lowest BCUT2D eigenvalue weighted by Crippen LogP contribution is -2.12. The maximum atomic E-state index is 11.6. The number of rotatable bonds is 4. The number of aromatic hydroxyl groups is 1. The quantitative estimate of drug-likeness (QED) is 0.227. The minimum atomic E-state index is -0.0330. The minimum absolute atomic E-state index is 0.0330. The standard InChI is InChI=1S/C38H33N5O/c1-23-10-14-25(15-11-23)35-40-36(26-16-12-24(2)13-17-26)42-37(41-35)30-21-29-28-8-6-7-9-31(28)43(32(29)22-33(30)44)34-20-27(18-19-39-34)38(3,4)5/h6-22,44H,1-5H3. The molecule has 1 N–H and O–H groups in total. The lowest BCUT2D eigenvalue weighted by Gasteiger charge is -2.20. The molecule has 3 heterocycles. The number of phenolic OH excluding ortho intramolecular Hbond substituents is 1. The van der Waals surface area contributed by atoms with Gasteiger partial charge in [-0.1, -0.05) is 98.6 Å². The minimum Gasteiger partial charge on any atom is -0.507 e. The van der Waals surface area contributed by atoms with E-state index in [1.165, 1.54) is 5.56 Å². The molecule has 6 heteroatoms. The van der Waals surface area contributed by atoms with Gasteiger partial charge in [0.1, 0.15) is 11.6 Å². The average molecular weight is 576 g/mol. The fourth-order valence-corrected chi connectivity index (χ4v) is 5.60. The monoisotopic (exact) mass is 575 g/mol. The van der Waals surface area contributed by atoms with E-state index < -0.39 is 0 Å². The molecule has 7 aromatic rings. The summed E-state index contributed by atoms with van der Waals surface area (Å²) < 4.78 is 2.12. The number of aryl methyl sites for hydroxylation is 2. The highest BCUT2D eigenvalue weighted by Gasteiger charge is 2.21. The zero-order chi connectivity index (χ0) is 30.6. The normalized spacial score (nSPS) is 11.8. The first-order valence-electron chi connectivity index (χ1n) is 14.8. The van der Waals surface area contributed by atoms with Gasteiger partial charge in [0.25, 0.3) is 0 Å². The maximum Gasteiger partial charge on any atom is 0.167 e. The maximum absolute atomic E-state index is 11.6. The molecule has 0 radical (unpaired) electrons. The number of pyridine rings is 1. The van der Waals surface area contributed by atoms with E-state index in [0.29, 0.717) is 23.0 Å². The average Bonchev–Trinajstić information content (AvgIpc) is 3.34. The second kappa shape index (κ2) is 10.4. The zero-order valence-electron chi connectivity index (χ0n) is 25.5. The second-order valence-electron chi connectivity index (χ2n) is 12.4. The molecule has 0 aliphatic heterocycles. The van der Waals surface area contributed by atoms with Crippen LogP contribution in [0.15, 0.2) is 103 Å². The highest BCUT2D eigenvalue weighted by Crippen LogP contribution is 2.39. The van der Waals surface area contributed by atoms with Gasteiger partial charge in [0.2, 0.25) is 0 Å². The van der Waals surface area contributed by atoms with Crippen LogP contribution in [0.25, 0.3) is 61.8 Å². The van der Waals surface area contributed by atoms with Crippen LogP contribution in [0.2, 0.25) is 0 Å². The van der Waals surface area contributed by atoms with Gasteiger partial charge in [0.05, 0.1) is 16.6 Å². The summed E-state index contributed by atoms with van der Waals surface area (Å²) in [6.07, 6.45) is 1.86. The molecule has 3 aromatic heterocycles. The summed E-state index contributed by atoms with van der Waals surface area (Å²) in [7, 11) is 0. The molecule has 0 fully saturated rings. The molecule has 0 atom stereocenters. The van der Waals surface area contributed by atoms with Crippen molar-refractivity contribution in [1.29, 1.82) is 0 Å². The number of hydrogen-bond donors (Lipinski definition) is 1. The lowest BCUT2D eigenvalue weighted by atomic mass is 9.88. The molecule has 0 bridgehead atoms. The van der Waals surface area contributed by atoms with Gasteiger partial charge in [-0.15, -0.1) is 0 Å². The molecule has 6 nitrogen and oxygen atoms in total. The van der Waals surface area contributed by atoms with E-state index in [1.807, 2.05) is 72.9 Å². The molecule has 0 spiro atoms. The summed E-state index contributed by atoms with van der Waals surface area (Å²) in [6, 6.07) is 32.5. The number of fused-ring (bicyclic) bond motifs is 3. The Kier molecular flexibility index (Phi) is 6.51. The Morgan fingerprint density at radius 3 is 1.82 bits per heavy atom. The summed E-state index contributed by atoms with van der Waals surface area (Å²) in [4.78, 5) is 19.4. The van der Waals surface area contributed by atoms with E-state index >= 15 is 0 Å². The molecule has 44 heavy (non-hydrogen) atoms. The number of phenols is 1. The topological polar surface area (TPSA) is 76.7 Å². The third-order valence-corrected chi connectivity index (χ3v) is 8.13. The fraction of sp³-hybridized carbons (Fsp3) is 0.158. The molecule has 0 saturated carbocycles. The van der Waals surface area contributed by atoms with Crippen LogP contribution >= 0.6 is 0 Å². The van der Waals surface area contributed by atoms with Crippen LogP contribution in [0.1, 0.15) is 37.5 Å². The van der Waals surface area contributed by atoms with Gasteiger partial charge in [0, 0.05) is 34.2 Å². The van der Waals surface area contributed by atoms with Gasteiger partial charge in [-0.05, 0) is 49.1 Å². The molecule has 0 saturated heterocycles. The summed E-state index contributed by atoms with van der Waals surface area (Å²) in [5.74, 6) is 2.41. The van der Waals surface area contributed by atoms with Crippen molar-refractivity contribution in [3.8, 4) is 45.7 Å². The number of hydrogen-bond acceptors (Lipinski definition) is 5. The Morgan fingerprint density at radius 1 is 0.614 bits per heavy atom. The van der Waals surface area contributed by atoms with Crippen LogP contribution in [0.4, 0.5) is 0 Å². The number of aromatic nitrogens is 5. The van der Waals surface area contributed by atoms with Crippen LogP contribution in [-0.4, -0.2) is 29.6 Å². The molecule has 216 valence electrons. The summed E-state index contributed by atoms with van der Waals surface area (Å²) in [6.45, 7) is 10.7. The molecule has 0 aliphatic rings. The predicted octanol–water partition coefficient (Wildman–Crippen LogP) is 8.98. The van der Waals surface area contributed by atoms with E-state index in [9.17, 15) is 5.11 Å². The highest BCUT2D eigenvalue weighted by atomic mass is 16.3. The molecular weight excluding hydrogens is 542 g/mol.